The fraction of sp³-hybridized carbons (Fsp3) is 0.300. The molecule has 94 valence electrons. The topological polar surface area (TPSA) is 93.8 Å². The van der Waals surface area contributed by atoms with E-state index in [0.717, 1.165) is 17.5 Å². The van der Waals surface area contributed by atoms with E-state index in [9.17, 15) is 4.79 Å². The van der Waals surface area contributed by atoms with E-state index >= 15 is 0 Å². The summed E-state index contributed by atoms with van der Waals surface area (Å²) in [5.41, 5.74) is 0.821. The molecular formula is C10H11N5O2S. The minimum absolute atomic E-state index is 0.0741. The van der Waals surface area contributed by atoms with Gasteiger partial charge in [-0.25, -0.2) is 4.68 Å². The van der Waals surface area contributed by atoms with Gasteiger partial charge in [0.05, 0.1) is 17.5 Å². The van der Waals surface area contributed by atoms with Crippen LogP contribution in [0.4, 0.5) is 0 Å². The van der Waals surface area contributed by atoms with Crippen LogP contribution in [0.2, 0.25) is 0 Å². The molecule has 7 nitrogen and oxygen atoms in total. The van der Waals surface area contributed by atoms with Crippen LogP contribution in [0.15, 0.2) is 29.6 Å². The minimum Gasteiger partial charge on any atom is -0.481 e. The largest absolute Gasteiger partial charge is 0.481 e. The summed E-state index contributed by atoms with van der Waals surface area (Å²) in [6, 6.07) is 5.44. The van der Waals surface area contributed by atoms with E-state index in [1.807, 2.05) is 25.1 Å². The number of nitrogens with zero attached hydrogens (tertiary/aromatic N) is 5. The van der Waals surface area contributed by atoms with Crippen LogP contribution in [0, 0.1) is 0 Å². The number of hydrogen-bond donors (Lipinski definition) is 1. The number of carboxylic acids is 1. The molecule has 0 aromatic carbocycles. The maximum absolute atomic E-state index is 10.5. The highest BCUT2D eigenvalue weighted by Gasteiger charge is 2.16. The molecule has 0 aliphatic rings. The number of carboxylic acid groups (broad SMARTS) is 1. The molecule has 0 aliphatic carbocycles. The van der Waals surface area contributed by atoms with Crippen molar-refractivity contribution in [1.82, 2.24) is 25.2 Å². The van der Waals surface area contributed by atoms with E-state index in [-0.39, 0.29) is 11.8 Å². The van der Waals surface area contributed by atoms with Crippen molar-refractivity contribution in [1.29, 1.82) is 0 Å². The average Bonchev–Trinajstić information content (AvgIpc) is 2.85. The summed E-state index contributed by atoms with van der Waals surface area (Å²) >= 11 is 1.08. The van der Waals surface area contributed by atoms with Gasteiger partial charge in [-0.15, -0.1) is 5.10 Å². The lowest BCUT2D eigenvalue weighted by Gasteiger charge is -2.11. The Kier molecular flexibility index (Phi) is 3.88. The van der Waals surface area contributed by atoms with E-state index < -0.39 is 5.97 Å². The van der Waals surface area contributed by atoms with Crippen LogP contribution in [0.25, 0.3) is 0 Å². The quantitative estimate of drug-likeness (QED) is 0.801. The molecule has 2 rings (SSSR count). The predicted octanol–water partition coefficient (Wildman–Crippen LogP) is 0.854. The van der Waals surface area contributed by atoms with E-state index in [0.29, 0.717) is 5.16 Å². The summed E-state index contributed by atoms with van der Waals surface area (Å²) in [6.45, 7) is 1.91. The van der Waals surface area contributed by atoms with Crippen LogP contribution in [0.5, 0.6) is 0 Å². The zero-order valence-corrected chi connectivity index (χ0v) is 10.4. The van der Waals surface area contributed by atoms with Crippen LogP contribution in [0.1, 0.15) is 18.7 Å². The van der Waals surface area contributed by atoms with Gasteiger partial charge < -0.3 is 5.11 Å². The van der Waals surface area contributed by atoms with E-state index in [1.54, 1.807) is 10.9 Å². The zero-order valence-electron chi connectivity index (χ0n) is 9.59. The lowest BCUT2D eigenvalue weighted by atomic mass is 10.2. The highest BCUT2D eigenvalue weighted by Crippen LogP contribution is 2.21. The molecule has 2 heterocycles. The number of aliphatic carboxylic acids is 1. The Morgan fingerprint density at radius 3 is 3.06 bits per heavy atom. The molecule has 2 aromatic rings. The Morgan fingerprint density at radius 1 is 1.56 bits per heavy atom. The predicted molar refractivity (Wildman–Crippen MR) is 64.2 cm³/mol. The van der Waals surface area contributed by atoms with Crippen LogP contribution < -0.4 is 0 Å². The summed E-state index contributed by atoms with van der Waals surface area (Å²) in [6.07, 6.45) is 1.69. The molecule has 0 aliphatic heterocycles. The number of tetrazole rings is 1. The third-order valence-electron chi connectivity index (χ3n) is 2.27. The Bertz CT molecular complexity index is 530. The van der Waals surface area contributed by atoms with Crippen LogP contribution in [-0.4, -0.2) is 42.0 Å². The Labute approximate surface area is 107 Å². The first kappa shape index (κ1) is 12.5. The molecule has 0 fully saturated rings. The lowest BCUT2D eigenvalue weighted by Crippen LogP contribution is -2.12. The van der Waals surface area contributed by atoms with Crippen molar-refractivity contribution >= 4 is 17.7 Å². The number of carbonyl (C=O) groups is 1. The molecular weight excluding hydrogens is 254 g/mol. The van der Waals surface area contributed by atoms with Crippen molar-refractivity contribution in [3.05, 3.63) is 30.1 Å². The maximum Gasteiger partial charge on any atom is 0.313 e. The molecule has 0 saturated carbocycles. The molecule has 1 N–H and O–H groups in total. The summed E-state index contributed by atoms with van der Waals surface area (Å²) in [7, 11) is 0. The van der Waals surface area contributed by atoms with Gasteiger partial charge in [-0.3, -0.25) is 9.78 Å². The minimum atomic E-state index is -0.903. The first-order valence-electron chi connectivity index (χ1n) is 5.22. The van der Waals surface area contributed by atoms with Crippen molar-refractivity contribution in [3.63, 3.8) is 0 Å². The van der Waals surface area contributed by atoms with Gasteiger partial charge in [0.25, 0.3) is 0 Å². The van der Waals surface area contributed by atoms with E-state index in [4.69, 9.17) is 5.11 Å². The van der Waals surface area contributed by atoms with Gasteiger partial charge in [0, 0.05) is 6.20 Å². The number of hydrogen-bond acceptors (Lipinski definition) is 6. The van der Waals surface area contributed by atoms with Gasteiger partial charge >= 0.3 is 5.97 Å². The van der Waals surface area contributed by atoms with E-state index in [2.05, 4.69) is 20.5 Å². The summed E-state index contributed by atoms with van der Waals surface area (Å²) in [4.78, 5) is 14.8. The Balaban J connectivity index is 2.18. The average molecular weight is 265 g/mol. The van der Waals surface area contributed by atoms with Gasteiger partial charge in [0.2, 0.25) is 5.16 Å². The second kappa shape index (κ2) is 5.58. The highest BCUT2D eigenvalue weighted by molar-refractivity contribution is 7.99. The third-order valence-corrected chi connectivity index (χ3v) is 3.19. The van der Waals surface area contributed by atoms with Crippen molar-refractivity contribution in [3.8, 4) is 0 Å². The van der Waals surface area contributed by atoms with Gasteiger partial charge in [0.1, 0.15) is 0 Å². The number of rotatable bonds is 5. The molecule has 18 heavy (non-hydrogen) atoms. The first-order valence-corrected chi connectivity index (χ1v) is 6.20. The molecule has 1 atom stereocenters. The number of pyridine rings is 1. The molecule has 1 unspecified atom stereocenters. The van der Waals surface area contributed by atoms with Crippen molar-refractivity contribution in [2.75, 3.05) is 5.75 Å². The Morgan fingerprint density at radius 2 is 2.39 bits per heavy atom. The van der Waals surface area contributed by atoms with E-state index in [1.165, 1.54) is 0 Å². The first-order chi connectivity index (χ1) is 8.68. The van der Waals surface area contributed by atoms with Gasteiger partial charge in [0.15, 0.2) is 0 Å². The molecule has 0 amide bonds. The number of aromatic nitrogens is 5. The molecule has 8 heteroatoms. The van der Waals surface area contributed by atoms with Gasteiger partial charge in [-0.2, -0.15) is 0 Å². The lowest BCUT2D eigenvalue weighted by molar-refractivity contribution is -0.133. The van der Waals surface area contributed by atoms with Crippen molar-refractivity contribution in [2.45, 2.75) is 18.1 Å². The summed E-state index contributed by atoms with van der Waals surface area (Å²) in [5, 5.41) is 20.4. The smallest absolute Gasteiger partial charge is 0.313 e. The van der Waals surface area contributed by atoms with Crippen molar-refractivity contribution < 1.29 is 9.90 Å². The molecule has 2 aromatic heterocycles. The fourth-order valence-electron chi connectivity index (χ4n) is 1.40. The van der Waals surface area contributed by atoms with Crippen LogP contribution in [-0.2, 0) is 4.79 Å². The normalized spacial score (nSPS) is 12.3. The fourth-order valence-corrected chi connectivity index (χ4v) is 2.07. The monoisotopic (exact) mass is 265 g/mol. The SMILES string of the molecule is CC(c1ccccn1)n1nnnc1SCC(=O)O. The number of thioether (sulfide) groups is 1. The van der Waals surface area contributed by atoms with Crippen LogP contribution >= 0.6 is 11.8 Å². The maximum atomic E-state index is 10.5. The highest BCUT2D eigenvalue weighted by atomic mass is 32.2. The Hall–Kier alpha value is -1.96. The molecule has 0 saturated heterocycles. The third kappa shape index (κ3) is 2.83. The molecule has 0 bridgehead atoms. The zero-order chi connectivity index (χ0) is 13.0. The molecule has 0 spiro atoms. The van der Waals surface area contributed by atoms with Gasteiger partial charge in [-0.1, -0.05) is 17.8 Å². The second-order valence-electron chi connectivity index (χ2n) is 3.52. The van der Waals surface area contributed by atoms with Crippen molar-refractivity contribution in [2.24, 2.45) is 0 Å². The molecule has 0 radical (unpaired) electrons. The van der Waals surface area contributed by atoms with Crippen LogP contribution in [0.3, 0.4) is 0 Å². The summed E-state index contributed by atoms with van der Waals surface area (Å²) in [5.74, 6) is -0.977. The standard InChI is InChI=1S/C10H11N5O2S/c1-7(8-4-2-3-5-11-8)15-10(12-13-14-15)18-6-9(16)17/h2-5,7H,6H2,1H3,(H,16,17). The van der Waals surface area contributed by atoms with Gasteiger partial charge in [-0.05, 0) is 29.5 Å². The second-order valence-corrected chi connectivity index (χ2v) is 4.46. The summed E-state index contributed by atoms with van der Waals surface area (Å²) < 4.78 is 1.57.